The molecule has 0 spiro atoms. The molecule has 2 aromatic heterocycles. The molecule has 0 aromatic carbocycles. The molecular formula is C15H22N4S. The average molecular weight is 290 g/mol. The monoisotopic (exact) mass is 290 g/mol. The molecule has 1 N–H and O–H groups in total. The van der Waals surface area contributed by atoms with Gasteiger partial charge in [-0.15, -0.1) is 11.3 Å². The second-order valence-corrected chi connectivity index (χ2v) is 6.87. The SMILES string of the molecule is CCCNCc1sc(-c2ncccn2)nc1C(C)(C)C. The third-order valence-corrected chi connectivity index (χ3v) is 3.93. The van der Waals surface area contributed by atoms with Crippen LogP contribution in [0.15, 0.2) is 18.5 Å². The third-order valence-electron chi connectivity index (χ3n) is 2.88. The van der Waals surface area contributed by atoms with Crippen LogP contribution in [0.3, 0.4) is 0 Å². The first-order valence-corrected chi connectivity index (χ1v) is 7.82. The summed E-state index contributed by atoms with van der Waals surface area (Å²) < 4.78 is 0. The van der Waals surface area contributed by atoms with E-state index in [9.17, 15) is 0 Å². The van der Waals surface area contributed by atoms with Gasteiger partial charge < -0.3 is 5.32 Å². The zero-order chi connectivity index (χ0) is 14.6. The van der Waals surface area contributed by atoms with E-state index >= 15 is 0 Å². The van der Waals surface area contributed by atoms with Crippen molar-refractivity contribution in [2.24, 2.45) is 0 Å². The standard InChI is InChI=1S/C15H22N4S/c1-5-7-16-10-11-12(15(2,3)4)19-14(20-11)13-17-8-6-9-18-13/h6,8-9,16H,5,7,10H2,1-4H3. The lowest BCUT2D eigenvalue weighted by atomic mass is 9.91. The van der Waals surface area contributed by atoms with Crippen LogP contribution in [0, 0.1) is 0 Å². The van der Waals surface area contributed by atoms with Gasteiger partial charge in [0.2, 0.25) is 0 Å². The Bertz CT molecular complexity index is 543. The summed E-state index contributed by atoms with van der Waals surface area (Å²) >= 11 is 1.69. The predicted octanol–water partition coefficient (Wildman–Crippen LogP) is 3.40. The largest absolute Gasteiger partial charge is 0.312 e. The van der Waals surface area contributed by atoms with Crippen molar-refractivity contribution < 1.29 is 0 Å². The fourth-order valence-corrected chi connectivity index (χ4v) is 3.13. The number of thiazole rings is 1. The number of hydrogen-bond acceptors (Lipinski definition) is 5. The molecule has 0 unspecified atom stereocenters. The van der Waals surface area contributed by atoms with Gasteiger partial charge in [-0.3, -0.25) is 0 Å². The summed E-state index contributed by atoms with van der Waals surface area (Å²) in [5, 5.41) is 4.36. The third kappa shape index (κ3) is 3.61. The maximum Gasteiger partial charge on any atom is 0.188 e. The molecule has 0 fully saturated rings. The molecule has 0 radical (unpaired) electrons. The molecule has 0 atom stereocenters. The van der Waals surface area contributed by atoms with Crippen LogP contribution >= 0.6 is 11.3 Å². The molecule has 2 rings (SSSR count). The molecule has 0 aliphatic heterocycles. The predicted molar refractivity (Wildman–Crippen MR) is 83.8 cm³/mol. The fourth-order valence-electron chi connectivity index (χ4n) is 1.94. The second-order valence-electron chi connectivity index (χ2n) is 5.79. The Morgan fingerprint density at radius 3 is 2.50 bits per heavy atom. The molecule has 0 amide bonds. The van der Waals surface area contributed by atoms with E-state index in [1.165, 1.54) is 4.88 Å². The first-order chi connectivity index (χ1) is 9.52. The summed E-state index contributed by atoms with van der Waals surface area (Å²) in [5.41, 5.74) is 1.18. The van der Waals surface area contributed by atoms with Gasteiger partial charge in [0.1, 0.15) is 0 Å². The highest BCUT2D eigenvalue weighted by Gasteiger charge is 2.24. The van der Waals surface area contributed by atoms with Gasteiger partial charge in [0.25, 0.3) is 0 Å². The van der Waals surface area contributed by atoms with E-state index in [0.29, 0.717) is 5.82 Å². The van der Waals surface area contributed by atoms with Crippen LogP contribution in [0.25, 0.3) is 10.8 Å². The molecule has 5 heteroatoms. The van der Waals surface area contributed by atoms with Crippen molar-refractivity contribution in [2.75, 3.05) is 6.54 Å². The molecule has 2 heterocycles. The minimum absolute atomic E-state index is 0.0345. The van der Waals surface area contributed by atoms with Crippen molar-refractivity contribution in [3.8, 4) is 10.8 Å². The smallest absolute Gasteiger partial charge is 0.188 e. The van der Waals surface area contributed by atoms with Crippen LogP contribution in [0.2, 0.25) is 0 Å². The first kappa shape index (κ1) is 15.1. The molecule has 0 aliphatic rings. The highest BCUT2D eigenvalue weighted by Crippen LogP contribution is 2.33. The maximum absolute atomic E-state index is 4.78. The van der Waals surface area contributed by atoms with E-state index in [-0.39, 0.29) is 5.41 Å². The van der Waals surface area contributed by atoms with E-state index in [4.69, 9.17) is 4.98 Å². The van der Waals surface area contributed by atoms with Crippen molar-refractivity contribution in [3.05, 3.63) is 29.0 Å². The molecular weight excluding hydrogens is 268 g/mol. The normalized spacial score (nSPS) is 11.8. The molecule has 0 aliphatic carbocycles. The Hall–Kier alpha value is -1.33. The fraction of sp³-hybridized carbons (Fsp3) is 0.533. The van der Waals surface area contributed by atoms with Crippen LogP contribution in [-0.2, 0) is 12.0 Å². The Balaban J connectivity index is 2.32. The Morgan fingerprint density at radius 2 is 1.90 bits per heavy atom. The quantitative estimate of drug-likeness (QED) is 0.858. The van der Waals surface area contributed by atoms with Gasteiger partial charge in [-0.2, -0.15) is 0 Å². The number of hydrogen-bond donors (Lipinski definition) is 1. The number of nitrogens with zero attached hydrogens (tertiary/aromatic N) is 3. The lowest BCUT2D eigenvalue weighted by Crippen LogP contribution is -2.19. The molecule has 4 nitrogen and oxygen atoms in total. The highest BCUT2D eigenvalue weighted by molar-refractivity contribution is 7.15. The van der Waals surface area contributed by atoms with Gasteiger partial charge in [0.05, 0.1) is 5.69 Å². The summed E-state index contributed by atoms with van der Waals surface area (Å²) in [6.07, 6.45) is 4.66. The molecule has 0 saturated carbocycles. The van der Waals surface area contributed by atoms with Crippen molar-refractivity contribution in [2.45, 2.75) is 46.1 Å². The summed E-state index contributed by atoms with van der Waals surface area (Å²) in [7, 11) is 0. The zero-order valence-electron chi connectivity index (χ0n) is 12.6. The molecule has 2 aromatic rings. The van der Waals surface area contributed by atoms with E-state index in [1.807, 2.05) is 6.07 Å². The first-order valence-electron chi connectivity index (χ1n) is 7.00. The zero-order valence-corrected chi connectivity index (χ0v) is 13.4. The van der Waals surface area contributed by atoms with Gasteiger partial charge in [-0.05, 0) is 19.0 Å². The van der Waals surface area contributed by atoms with E-state index in [1.54, 1.807) is 23.7 Å². The lowest BCUT2D eigenvalue weighted by molar-refractivity contribution is 0.559. The topological polar surface area (TPSA) is 50.7 Å². The molecule has 0 bridgehead atoms. The average Bonchev–Trinajstić information content (AvgIpc) is 2.84. The Morgan fingerprint density at radius 1 is 1.20 bits per heavy atom. The summed E-state index contributed by atoms with van der Waals surface area (Å²) in [4.78, 5) is 14.7. The molecule has 108 valence electrons. The van der Waals surface area contributed by atoms with Crippen LogP contribution in [0.1, 0.15) is 44.7 Å². The van der Waals surface area contributed by atoms with Crippen molar-refractivity contribution in [1.29, 1.82) is 0 Å². The Kier molecular flexibility index (Phi) is 4.83. The van der Waals surface area contributed by atoms with Crippen molar-refractivity contribution in [1.82, 2.24) is 20.3 Å². The van der Waals surface area contributed by atoms with Crippen LogP contribution in [-0.4, -0.2) is 21.5 Å². The lowest BCUT2D eigenvalue weighted by Gasteiger charge is -2.17. The van der Waals surface area contributed by atoms with E-state index in [2.05, 4.69) is 43.0 Å². The number of aromatic nitrogens is 3. The maximum atomic E-state index is 4.78. The van der Waals surface area contributed by atoms with Gasteiger partial charge >= 0.3 is 0 Å². The highest BCUT2D eigenvalue weighted by atomic mass is 32.1. The van der Waals surface area contributed by atoms with E-state index in [0.717, 1.165) is 30.2 Å². The molecule has 20 heavy (non-hydrogen) atoms. The minimum atomic E-state index is 0.0345. The van der Waals surface area contributed by atoms with Crippen molar-refractivity contribution >= 4 is 11.3 Å². The summed E-state index contributed by atoms with van der Waals surface area (Å²) in [5.74, 6) is 0.713. The number of rotatable bonds is 5. The van der Waals surface area contributed by atoms with Crippen LogP contribution in [0.5, 0.6) is 0 Å². The second kappa shape index (κ2) is 6.41. The number of nitrogens with one attached hydrogen (secondary N) is 1. The summed E-state index contributed by atoms with van der Waals surface area (Å²) in [6.45, 7) is 10.7. The van der Waals surface area contributed by atoms with Gasteiger partial charge in [0.15, 0.2) is 10.8 Å². The van der Waals surface area contributed by atoms with Gasteiger partial charge in [0, 0.05) is 29.2 Å². The van der Waals surface area contributed by atoms with E-state index < -0.39 is 0 Å². The Labute approximate surface area is 124 Å². The molecule has 0 saturated heterocycles. The van der Waals surface area contributed by atoms with Crippen LogP contribution < -0.4 is 5.32 Å². The van der Waals surface area contributed by atoms with Gasteiger partial charge in [-0.1, -0.05) is 27.7 Å². The van der Waals surface area contributed by atoms with Crippen LogP contribution in [0.4, 0.5) is 0 Å². The summed E-state index contributed by atoms with van der Waals surface area (Å²) in [6, 6.07) is 1.82. The van der Waals surface area contributed by atoms with Crippen molar-refractivity contribution in [3.63, 3.8) is 0 Å². The van der Waals surface area contributed by atoms with Gasteiger partial charge in [-0.25, -0.2) is 15.0 Å². The minimum Gasteiger partial charge on any atom is -0.312 e.